The Morgan fingerprint density at radius 3 is 2.37 bits per heavy atom. The number of ether oxygens (including phenoxy) is 1. The normalized spacial score (nSPS) is 24.6. The maximum Gasteiger partial charge on any atom is 0.243 e. The highest BCUT2D eigenvalue weighted by Gasteiger charge is 2.37. The smallest absolute Gasteiger partial charge is 0.243 e. The van der Waals surface area contributed by atoms with Crippen LogP contribution in [-0.2, 0) is 10.0 Å². The molecule has 1 aromatic carbocycles. The second-order valence-corrected chi connectivity index (χ2v) is 6.60. The van der Waals surface area contributed by atoms with Crippen LogP contribution in [0.15, 0.2) is 23.1 Å². The van der Waals surface area contributed by atoms with Crippen LogP contribution in [0.3, 0.4) is 0 Å². The molecular formula is C11H14ClNO5S. The molecule has 1 aliphatic heterocycles. The monoisotopic (exact) mass is 307 g/mol. The van der Waals surface area contributed by atoms with Gasteiger partial charge in [0.1, 0.15) is 5.75 Å². The number of hydrogen-bond donors (Lipinski definition) is 2. The summed E-state index contributed by atoms with van der Waals surface area (Å²) in [4.78, 5) is -0.000370. The van der Waals surface area contributed by atoms with Gasteiger partial charge in [0.15, 0.2) is 0 Å². The van der Waals surface area contributed by atoms with E-state index in [2.05, 4.69) is 0 Å². The lowest BCUT2D eigenvalue weighted by Crippen LogP contribution is -2.30. The van der Waals surface area contributed by atoms with Gasteiger partial charge in [-0.1, -0.05) is 11.6 Å². The number of halogens is 1. The first-order valence-electron chi connectivity index (χ1n) is 5.56. The minimum Gasteiger partial charge on any atom is -0.495 e. The van der Waals surface area contributed by atoms with Crippen molar-refractivity contribution in [3.05, 3.63) is 23.2 Å². The molecular weight excluding hydrogens is 294 g/mol. The Hall–Kier alpha value is -0.860. The van der Waals surface area contributed by atoms with Crippen molar-refractivity contribution in [1.29, 1.82) is 0 Å². The van der Waals surface area contributed by atoms with Gasteiger partial charge in [0.05, 0.1) is 29.2 Å². The van der Waals surface area contributed by atoms with Gasteiger partial charge < -0.3 is 14.9 Å². The maximum atomic E-state index is 12.3. The summed E-state index contributed by atoms with van der Waals surface area (Å²) in [6.45, 7) is -0.264. The number of hydrogen-bond acceptors (Lipinski definition) is 5. The lowest BCUT2D eigenvalue weighted by Gasteiger charge is -2.16. The van der Waals surface area contributed by atoms with E-state index in [1.54, 1.807) is 0 Å². The van der Waals surface area contributed by atoms with Gasteiger partial charge in [-0.2, -0.15) is 4.31 Å². The molecule has 0 amide bonds. The Balaban J connectivity index is 2.33. The summed E-state index contributed by atoms with van der Waals surface area (Å²) < 4.78 is 30.5. The van der Waals surface area contributed by atoms with Gasteiger partial charge in [-0.25, -0.2) is 8.42 Å². The molecule has 2 unspecified atom stereocenters. The Labute approximate surface area is 116 Å². The molecule has 1 heterocycles. The number of sulfonamides is 1. The van der Waals surface area contributed by atoms with E-state index < -0.39 is 22.2 Å². The summed E-state index contributed by atoms with van der Waals surface area (Å²) in [5.74, 6) is 0.377. The van der Waals surface area contributed by atoms with E-state index in [1.807, 2.05) is 0 Å². The SMILES string of the molecule is COc1ccc(S(=O)(=O)N2CC(O)C(O)C2)cc1Cl. The minimum absolute atomic E-state index is 0.000370. The fourth-order valence-corrected chi connectivity index (χ4v) is 3.71. The van der Waals surface area contributed by atoms with Crippen LogP contribution < -0.4 is 4.74 Å². The highest BCUT2D eigenvalue weighted by molar-refractivity contribution is 7.89. The molecule has 0 aliphatic carbocycles. The van der Waals surface area contributed by atoms with Crippen molar-refractivity contribution < 1.29 is 23.4 Å². The Bertz CT molecular complexity index is 566. The van der Waals surface area contributed by atoms with Crippen molar-refractivity contribution in [3.63, 3.8) is 0 Å². The molecule has 2 rings (SSSR count). The molecule has 2 N–H and O–H groups in total. The van der Waals surface area contributed by atoms with Crippen LogP contribution in [0.2, 0.25) is 5.02 Å². The Morgan fingerprint density at radius 2 is 1.89 bits per heavy atom. The van der Waals surface area contributed by atoms with E-state index in [1.165, 1.54) is 25.3 Å². The van der Waals surface area contributed by atoms with E-state index in [4.69, 9.17) is 16.3 Å². The zero-order valence-electron chi connectivity index (χ0n) is 10.2. The second-order valence-electron chi connectivity index (χ2n) is 4.25. The van der Waals surface area contributed by atoms with Crippen LogP contribution in [0, 0.1) is 0 Å². The van der Waals surface area contributed by atoms with Gasteiger partial charge in [-0.15, -0.1) is 0 Å². The first kappa shape index (κ1) is 14.5. The summed E-state index contributed by atoms with van der Waals surface area (Å²) in [6, 6.07) is 4.11. The van der Waals surface area contributed by atoms with Crippen LogP contribution in [0.4, 0.5) is 0 Å². The quantitative estimate of drug-likeness (QED) is 0.825. The molecule has 0 spiro atoms. The van der Waals surface area contributed by atoms with Gasteiger partial charge in [-0.05, 0) is 18.2 Å². The largest absolute Gasteiger partial charge is 0.495 e. The predicted molar refractivity (Wildman–Crippen MR) is 68.8 cm³/mol. The number of methoxy groups -OCH3 is 1. The molecule has 19 heavy (non-hydrogen) atoms. The van der Waals surface area contributed by atoms with E-state index in [9.17, 15) is 18.6 Å². The van der Waals surface area contributed by atoms with Crippen LogP contribution in [0.1, 0.15) is 0 Å². The van der Waals surface area contributed by atoms with Gasteiger partial charge >= 0.3 is 0 Å². The van der Waals surface area contributed by atoms with E-state index in [-0.39, 0.29) is 23.0 Å². The van der Waals surface area contributed by atoms with Crippen molar-refractivity contribution in [2.45, 2.75) is 17.1 Å². The third kappa shape index (κ3) is 2.70. The van der Waals surface area contributed by atoms with Crippen LogP contribution in [0.25, 0.3) is 0 Å². The molecule has 106 valence electrons. The highest BCUT2D eigenvalue weighted by atomic mass is 35.5. The molecule has 0 aromatic heterocycles. The summed E-state index contributed by atoms with van der Waals surface area (Å²) >= 11 is 5.89. The van der Waals surface area contributed by atoms with Gasteiger partial charge in [0.25, 0.3) is 0 Å². The first-order valence-corrected chi connectivity index (χ1v) is 7.38. The Morgan fingerprint density at radius 1 is 1.32 bits per heavy atom. The van der Waals surface area contributed by atoms with Crippen LogP contribution in [-0.4, -0.2) is 55.3 Å². The average Bonchev–Trinajstić information content (AvgIpc) is 2.70. The number of benzene rings is 1. The molecule has 0 radical (unpaired) electrons. The fourth-order valence-electron chi connectivity index (χ4n) is 1.89. The van der Waals surface area contributed by atoms with Gasteiger partial charge in [0.2, 0.25) is 10.0 Å². The first-order chi connectivity index (χ1) is 8.86. The lowest BCUT2D eigenvalue weighted by molar-refractivity contribution is 0.0572. The molecule has 6 nitrogen and oxygen atoms in total. The van der Waals surface area contributed by atoms with Crippen molar-refractivity contribution in [1.82, 2.24) is 4.31 Å². The topological polar surface area (TPSA) is 87.1 Å². The van der Waals surface area contributed by atoms with Crippen molar-refractivity contribution >= 4 is 21.6 Å². The summed E-state index contributed by atoms with van der Waals surface area (Å²) in [6.07, 6.45) is -2.13. The zero-order chi connectivity index (χ0) is 14.2. The van der Waals surface area contributed by atoms with E-state index in [0.717, 1.165) is 4.31 Å². The molecule has 8 heteroatoms. The van der Waals surface area contributed by atoms with E-state index in [0.29, 0.717) is 5.75 Å². The lowest BCUT2D eigenvalue weighted by atomic mass is 10.3. The molecule has 0 bridgehead atoms. The number of rotatable bonds is 3. The molecule has 2 atom stereocenters. The molecule has 1 aliphatic rings. The highest BCUT2D eigenvalue weighted by Crippen LogP contribution is 2.29. The van der Waals surface area contributed by atoms with Gasteiger partial charge in [0, 0.05) is 13.1 Å². The summed E-state index contributed by atoms with van der Waals surface area (Å²) in [7, 11) is -2.35. The van der Waals surface area contributed by atoms with Crippen molar-refractivity contribution in [3.8, 4) is 5.75 Å². The van der Waals surface area contributed by atoms with Crippen LogP contribution in [0.5, 0.6) is 5.75 Å². The second kappa shape index (κ2) is 5.26. The zero-order valence-corrected chi connectivity index (χ0v) is 11.7. The predicted octanol–water partition coefficient (Wildman–Crippen LogP) is 0.0747. The molecule has 1 saturated heterocycles. The number of nitrogens with zero attached hydrogens (tertiary/aromatic N) is 1. The standard InChI is InChI=1S/C11H14ClNO5S/c1-18-11-3-2-7(4-8(11)12)19(16,17)13-5-9(14)10(15)6-13/h2-4,9-10,14-15H,5-6H2,1H3. The maximum absolute atomic E-state index is 12.3. The third-order valence-electron chi connectivity index (χ3n) is 2.99. The molecule has 1 fully saturated rings. The van der Waals surface area contributed by atoms with Crippen molar-refractivity contribution in [2.24, 2.45) is 0 Å². The summed E-state index contributed by atoms with van der Waals surface area (Å²) in [5.41, 5.74) is 0. The van der Waals surface area contributed by atoms with Gasteiger partial charge in [-0.3, -0.25) is 0 Å². The Kier molecular flexibility index (Phi) is 4.03. The number of aliphatic hydroxyl groups excluding tert-OH is 2. The molecule has 1 aromatic rings. The van der Waals surface area contributed by atoms with E-state index >= 15 is 0 Å². The molecule has 0 saturated carbocycles. The summed E-state index contributed by atoms with van der Waals surface area (Å²) in [5, 5.41) is 19.0. The van der Waals surface area contributed by atoms with Crippen molar-refractivity contribution in [2.75, 3.05) is 20.2 Å². The van der Waals surface area contributed by atoms with Crippen LogP contribution >= 0.6 is 11.6 Å². The number of aliphatic hydroxyl groups is 2. The third-order valence-corrected chi connectivity index (χ3v) is 5.11. The minimum atomic E-state index is -3.78. The number of β-amino-alcohol motifs (C(OH)–C–C–N with tert-alkyl or cyclic N) is 2. The average molecular weight is 308 g/mol. The fraction of sp³-hybridized carbons (Fsp3) is 0.455.